The average Bonchev–Trinajstić information content (AvgIpc) is 3.23. The molecule has 5 nitrogen and oxygen atoms in total. The van der Waals surface area contributed by atoms with Gasteiger partial charge in [-0.3, -0.25) is 4.79 Å². The quantitative estimate of drug-likeness (QED) is 0.917. The molecule has 1 aliphatic rings. The standard InChI is InChI=1S/C16H19N3O2/c1-10(2)13(17-15(20)12-8-9-12)16-18-14(19-21-16)11-6-4-3-5-7-11/h3-7,10,12-13H,8-9H2,1-2H3,(H,17,20)/t13-/m1/s1. The first kappa shape index (κ1) is 13.8. The Morgan fingerprint density at radius 2 is 2.00 bits per heavy atom. The molecule has 0 spiro atoms. The van der Waals surface area contributed by atoms with Gasteiger partial charge in [0, 0.05) is 11.5 Å². The van der Waals surface area contributed by atoms with Gasteiger partial charge in [-0.25, -0.2) is 0 Å². The van der Waals surface area contributed by atoms with E-state index in [2.05, 4.69) is 15.5 Å². The number of nitrogens with zero attached hydrogens (tertiary/aromatic N) is 2. The minimum absolute atomic E-state index is 0.0909. The number of hydrogen-bond donors (Lipinski definition) is 1. The van der Waals surface area contributed by atoms with Crippen LogP contribution in [0.5, 0.6) is 0 Å². The fourth-order valence-electron chi connectivity index (χ4n) is 2.20. The van der Waals surface area contributed by atoms with Crippen molar-refractivity contribution in [1.82, 2.24) is 15.5 Å². The maximum Gasteiger partial charge on any atom is 0.249 e. The van der Waals surface area contributed by atoms with E-state index in [0.29, 0.717) is 11.7 Å². The average molecular weight is 285 g/mol. The summed E-state index contributed by atoms with van der Waals surface area (Å²) < 4.78 is 5.37. The van der Waals surface area contributed by atoms with Crippen LogP contribution in [0, 0.1) is 11.8 Å². The van der Waals surface area contributed by atoms with Crippen LogP contribution < -0.4 is 5.32 Å². The normalized spacial score (nSPS) is 16.0. The lowest BCUT2D eigenvalue weighted by molar-refractivity contribution is -0.123. The monoisotopic (exact) mass is 285 g/mol. The Kier molecular flexibility index (Phi) is 3.73. The van der Waals surface area contributed by atoms with Gasteiger partial charge in [-0.2, -0.15) is 4.98 Å². The van der Waals surface area contributed by atoms with Crippen LogP contribution in [-0.4, -0.2) is 16.0 Å². The molecule has 0 unspecified atom stereocenters. The number of carbonyl (C=O) groups is 1. The molecule has 5 heteroatoms. The lowest BCUT2D eigenvalue weighted by atomic mass is 10.0. The van der Waals surface area contributed by atoms with Crippen LogP contribution in [0.1, 0.15) is 38.6 Å². The highest BCUT2D eigenvalue weighted by molar-refractivity contribution is 5.81. The van der Waals surface area contributed by atoms with Crippen molar-refractivity contribution in [2.75, 3.05) is 0 Å². The molecule has 0 saturated heterocycles. The van der Waals surface area contributed by atoms with Gasteiger partial charge in [0.15, 0.2) is 0 Å². The van der Waals surface area contributed by atoms with Gasteiger partial charge < -0.3 is 9.84 Å². The van der Waals surface area contributed by atoms with E-state index in [1.807, 2.05) is 44.2 Å². The molecule has 1 fully saturated rings. The number of rotatable bonds is 5. The van der Waals surface area contributed by atoms with Crippen molar-refractivity contribution < 1.29 is 9.32 Å². The second kappa shape index (κ2) is 5.68. The molecule has 1 aliphatic carbocycles. The second-order valence-corrected chi connectivity index (χ2v) is 5.83. The van der Waals surface area contributed by atoms with Gasteiger partial charge in [0.2, 0.25) is 17.6 Å². The van der Waals surface area contributed by atoms with E-state index in [4.69, 9.17) is 4.52 Å². The molecule has 0 bridgehead atoms. The van der Waals surface area contributed by atoms with Gasteiger partial charge in [0.05, 0.1) is 0 Å². The molecule has 110 valence electrons. The maximum atomic E-state index is 12.0. The van der Waals surface area contributed by atoms with Gasteiger partial charge >= 0.3 is 0 Å². The van der Waals surface area contributed by atoms with Gasteiger partial charge in [-0.1, -0.05) is 49.3 Å². The first-order chi connectivity index (χ1) is 10.1. The zero-order chi connectivity index (χ0) is 14.8. The molecule has 1 amide bonds. The minimum Gasteiger partial charge on any atom is -0.344 e. The Morgan fingerprint density at radius 3 is 2.62 bits per heavy atom. The highest BCUT2D eigenvalue weighted by atomic mass is 16.5. The van der Waals surface area contributed by atoms with E-state index >= 15 is 0 Å². The third-order valence-corrected chi connectivity index (χ3v) is 3.65. The summed E-state index contributed by atoms with van der Waals surface area (Å²) in [6.07, 6.45) is 1.96. The molecule has 2 aromatic rings. The largest absolute Gasteiger partial charge is 0.344 e. The van der Waals surface area contributed by atoms with Crippen LogP contribution in [0.25, 0.3) is 11.4 Å². The molecule has 21 heavy (non-hydrogen) atoms. The number of amides is 1. The smallest absolute Gasteiger partial charge is 0.249 e. The summed E-state index contributed by atoms with van der Waals surface area (Å²) >= 11 is 0. The van der Waals surface area contributed by atoms with E-state index in [0.717, 1.165) is 18.4 Å². The van der Waals surface area contributed by atoms with Gasteiger partial charge in [-0.15, -0.1) is 0 Å². The third kappa shape index (κ3) is 3.12. The molecule has 1 saturated carbocycles. The van der Waals surface area contributed by atoms with Crippen LogP contribution in [0.3, 0.4) is 0 Å². The molecule has 0 radical (unpaired) electrons. The van der Waals surface area contributed by atoms with Crippen LogP contribution in [0.15, 0.2) is 34.9 Å². The summed E-state index contributed by atoms with van der Waals surface area (Å²) in [4.78, 5) is 16.4. The molecule has 0 aliphatic heterocycles. The Balaban J connectivity index is 1.80. The Morgan fingerprint density at radius 1 is 1.29 bits per heavy atom. The van der Waals surface area contributed by atoms with Gasteiger partial charge in [0.25, 0.3) is 0 Å². The first-order valence-corrected chi connectivity index (χ1v) is 7.34. The zero-order valence-electron chi connectivity index (χ0n) is 12.2. The van der Waals surface area contributed by atoms with Crippen LogP contribution in [-0.2, 0) is 4.79 Å². The Hall–Kier alpha value is -2.17. The molecule has 1 atom stereocenters. The van der Waals surface area contributed by atoms with Crippen molar-refractivity contribution >= 4 is 5.91 Å². The number of nitrogens with one attached hydrogen (secondary N) is 1. The molecular formula is C16H19N3O2. The number of carbonyl (C=O) groups excluding carboxylic acids is 1. The van der Waals surface area contributed by atoms with Crippen molar-refractivity contribution in [2.45, 2.75) is 32.7 Å². The van der Waals surface area contributed by atoms with E-state index in [-0.39, 0.29) is 23.8 Å². The highest BCUT2D eigenvalue weighted by Crippen LogP contribution is 2.31. The van der Waals surface area contributed by atoms with Gasteiger partial charge in [0.1, 0.15) is 6.04 Å². The van der Waals surface area contributed by atoms with Crippen LogP contribution in [0.4, 0.5) is 0 Å². The zero-order valence-corrected chi connectivity index (χ0v) is 12.2. The van der Waals surface area contributed by atoms with Gasteiger partial charge in [-0.05, 0) is 18.8 Å². The summed E-state index contributed by atoms with van der Waals surface area (Å²) in [5, 5.41) is 7.04. The molecule has 1 aromatic carbocycles. The van der Waals surface area contributed by atoms with Crippen LogP contribution in [0.2, 0.25) is 0 Å². The van der Waals surface area contributed by atoms with E-state index < -0.39 is 0 Å². The first-order valence-electron chi connectivity index (χ1n) is 7.34. The topological polar surface area (TPSA) is 68.0 Å². The summed E-state index contributed by atoms with van der Waals surface area (Å²) in [5.41, 5.74) is 0.906. The molecule has 3 rings (SSSR count). The summed E-state index contributed by atoms with van der Waals surface area (Å²) in [7, 11) is 0. The maximum absolute atomic E-state index is 12.0. The fraction of sp³-hybridized carbons (Fsp3) is 0.438. The second-order valence-electron chi connectivity index (χ2n) is 5.83. The summed E-state index contributed by atoms with van der Waals surface area (Å²) in [5.74, 6) is 1.47. The predicted molar refractivity (Wildman–Crippen MR) is 78.2 cm³/mol. The molecular weight excluding hydrogens is 266 g/mol. The molecule has 1 heterocycles. The van der Waals surface area contributed by atoms with E-state index in [9.17, 15) is 4.79 Å². The van der Waals surface area contributed by atoms with Crippen molar-refractivity contribution in [3.63, 3.8) is 0 Å². The van der Waals surface area contributed by atoms with Crippen molar-refractivity contribution in [2.24, 2.45) is 11.8 Å². The van der Waals surface area contributed by atoms with Crippen LogP contribution >= 0.6 is 0 Å². The Labute approximate surface area is 123 Å². The minimum atomic E-state index is -0.233. The third-order valence-electron chi connectivity index (χ3n) is 3.65. The molecule has 1 aromatic heterocycles. The Bertz CT molecular complexity index is 617. The van der Waals surface area contributed by atoms with Crippen molar-refractivity contribution in [3.8, 4) is 11.4 Å². The predicted octanol–water partition coefficient (Wildman–Crippen LogP) is 2.96. The lowest BCUT2D eigenvalue weighted by Gasteiger charge is -2.18. The number of aromatic nitrogens is 2. The van der Waals surface area contributed by atoms with E-state index in [1.54, 1.807) is 0 Å². The highest BCUT2D eigenvalue weighted by Gasteiger charge is 2.33. The number of hydrogen-bond acceptors (Lipinski definition) is 4. The number of benzene rings is 1. The SMILES string of the molecule is CC(C)[C@@H](NC(=O)C1CC1)c1nc(-c2ccccc2)no1. The summed E-state index contributed by atoms with van der Waals surface area (Å²) in [6, 6.07) is 9.43. The molecule has 1 N–H and O–H groups in total. The fourth-order valence-corrected chi connectivity index (χ4v) is 2.20. The summed E-state index contributed by atoms with van der Waals surface area (Å²) in [6.45, 7) is 4.06. The van der Waals surface area contributed by atoms with Crippen molar-refractivity contribution in [3.05, 3.63) is 36.2 Å². The lowest BCUT2D eigenvalue weighted by Crippen LogP contribution is -2.33. The van der Waals surface area contributed by atoms with E-state index in [1.165, 1.54) is 0 Å². The van der Waals surface area contributed by atoms with Crippen molar-refractivity contribution in [1.29, 1.82) is 0 Å².